The first-order chi connectivity index (χ1) is 8.22. The zero-order valence-corrected chi connectivity index (χ0v) is 9.56. The molecule has 2 rings (SSSR count). The van der Waals surface area contributed by atoms with Crippen LogP contribution in [0.4, 0.5) is 5.69 Å². The highest BCUT2D eigenvalue weighted by atomic mass is 35.5. The van der Waals surface area contributed by atoms with Gasteiger partial charge in [0.05, 0.1) is 0 Å². The number of ketones is 1. The van der Waals surface area contributed by atoms with Gasteiger partial charge in [0.2, 0.25) is 11.2 Å². The van der Waals surface area contributed by atoms with Crippen LogP contribution >= 0.6 is 11.6 Å². The Morgan fingerprint density at radius 1 is 1.06 bits per heavy atom. The lowest BCUT2D eigenvalue weighted by atomic mass is 10.0. The van der Waals surface area contributed by atoms with Crippen molar-refractivity contribution in [2.45, 2.75) is 0 Å². The number of diazo groups is 1. The Balaban J connectivity index is 2.44. The lowest BCUT2D eigenvalue weighted by Crippen LogP contribution is -2.00. The molecule has 0 saturated heterocycles. The average Bonchev–Trinajstić information content (AvgIpc) is 2.39. The second-order valence-electron chi connectivity index (χ2n) is 3.45. The van der Waals surface area contributed by atoms with E-state index in [9.17, 15) is 4.79 Å². The van der Waals surface area contributed by atoms with Gasteiger partial charge in [0.15, 0.2) is 4.98 Å². The van der Waals surface area contributed by atoms with Crippen LogP contribution in [-0.4, -0.2) is 5.78 Å². The maximum absolute atomic E-state index is 12.1. The van der Waals surface area contributed by atoms with Crippen molar-refractivity contribution in [3.63, 3.8) is 0 Å². The number of carbonyl (C=O) groups is 1. The van der Waals surface area contributed by atoms with Crippen molar-refractivity contribution in [2.75, 3.05) is 0 Å². The molecule has 0 saturated carbocycles. The van der Waals surface area contributed by atoms with E-state index in [1.807, 2.05) is 0 Å². The van der Waals surface area contributed by atoms with Crippen molar-refractivity contribution in [1.29, 1.82) is 5.39 Å². The predicted octanol–water partition coefficient (Wildman–Crippen LogP) is 4.06. The SMILES string of the molecule is N#[N+]c1ccccc1C(=O)c1ccc(Cl)cc1. The van der Waals surface area contributed by atoms with Gasteiger partial charge in [-0.25, -0.2) is 0 Å². The number of hydrogen-bond acceptors (Lipinski definition) is 2. The maximum atomic E-state index is 12.1. The summed E-state index contributed by atoms with van der Waals surface area (Å²) in [4.78, 5) is 15.2. The van der Waals surface area contributed by atoms with E-state index in [0.29, 0.717) is 16.1 Å². The van der Waals surface area contributed by atoms with Gasteiger partial charge in [0, 0.05) is 16.7 Å². The Kier molecular flexibility index (Phi) is 3.17. The van der Waals surface area contributed by atoms with E-state index in [4.69, 9.17) is 17.0 Å². The Labute approximate surface area is 103 Å². The summed E-state index contributed by atoms with van der Waals surface area (Å²) >= 11 is 5.75. The molecule has 0 unspecified atom stereocenters. The molecule has 0 bridgehead atoms. The van der Waals surface area contributed by atoms with Crippen LogP contribution in [0.25, 0.3) is 4.98 Å². The number of halogens is 1. The van der Waals surface area contributed by atoms with E-state index < -0.39 is 0 Å². The fourth-order valence-electron chi connectivity index (χ4n) is 1.51. The van der Waals surface area contributed by atoms with Crippen LogP contribution in [0.1, 0.15) is 15.9 Å². The van der Waals surface area contributed by atoms with Gasteiger partial charge in [0.1, 0.15) is 5.56 Å². The Morgan fingerprint density at radius 2 is 1.71 bits per heavy atom. The van der Waals surface area contributed by atoms with Gasteiger partial charge in [-0.15, -0.1) is 0 Å². The average molecular weight is 244 g/mol. The quantitative estimate of drug-likeness (QED) is 0.590. The van der Waals surface area contributed by atoms with Crippen molar-refractivity contribution in [3.8, 4) is 0 Å². The fraction of sp³-hybridized carbons (Fsp3) is 0. The molecule has 0 N–H and O–H groups in total. The van der Waals surface area contributed by atoms with Crippen molar-refractivity contribution in [1.82, 2.24) is 0 Å². The standard InChI is InChI=1S/C13H8ClN2O/c14-10-7-5-9(6-8-10)13(17)11-3-1-2-4-12(11)16-15/h1-8H/q+1. The van der Waals surface area contributed by atoms with Crippen molar-refractivity contribution in [2.24, 2.45) is 0 Å². The smallest absolute Gasteiger partial charge is 0.288 e. The van der Waals surface area contributed by atoms with E-state index in [-0.39, 0.29) is 11.5 Å². The molecule has 0 fully saturated rings. The van der Waals surface area contributed by atoms with E-state index >= 15 is 0 Å². The molecular weight excluding hydrogens is 236 g/mol. The molecule has 2 aromatic carbocycles. The van der Waals surface area contributed by atoms with Gasteiger partial charge >= 0.3 is 5.69 Å². The molecule has 0 aromatic heterocycles. The Morgan fingerprint density at radius 3 is 2.35 bits per heavy atom. The van der Waals surface area contributed by atoms with Gasteiger partial charge in [-0.1, -0.05) is 23.7 Å². The van der Waals surface area contributed by atoms with Gasteiger partial charge in [-0.3, -0.25) is 4.79 Å². The van der Waals surface area contributed by atoms with Crippen LogP contribution in [0.2, 0.25) is 5.02 Å². The second kappa shape index (κ2) is 4.77. The third-order valence-electron chi connectivity index (χ3n) is 2.36. The van der Waals surface area contributed by atoms with Crippen LogP contribution < -0.4 is 0 Å². The highest BCUT2D eigenvalue weighted by molar-refractivity contribution is 6.30. The minimum Gasteiger partial charge on any atom is -0.288 e. The van der Waals surface area contributed by atoms with Crippen molar-refractivity contribution >= 4 is 23.1 Å². The summed E-state index contributed by atoms with van der Waals surface area (Å²) in [5.41, 5.74) is 1.12. The summed E-state index contributed by atoms with van der Waals surface area (Å²) in [5.74, 6) is -0.199. The first-order valence-corrected chi connectivity index (χ1v) is 5.34. The minimum absolute atomic E-state index is 0.199. The molecule has 17 heavy (non-hydrogen) atoms. The third kappa shape index (κ3) is 2.32. The number of benzene rings is 2. The molecule has 3 nitrogen and oxygen atoms in total. The molecule has 0 radical (unpaired) electrons. The van der Waals surface area contributed by atoms with E-state index in [1.165, 1.54) is 0 Å². The first kappa shape index (κ1) is 11.3. The van der Waals surface area contributed by atoms with Gasteiger partial charge in [-0.05, 0) is 30.3 Å². The lowest BCUT2D eigenvalue weighted by molar-refractivity contribution is 0.103. The molecular formula is C13H8ClN2O+. The first-order valence-electron chi connectivity index (χ1n) is 4.97. The molecule has 4 heteroatoms. The van der Waals surface area contributed by atoms with Crippen LogP contribution in [0.15, 0.2) is 48.5 Å². The summed E-state index contributed by atoms with van der Waals surface area (Å²) in [6, 6.07) is 13.2. The van der Waals surface area contributed by atoms with E-state index in [0.717, 1.165) is 0 Å². The van der Waals surface area contributed by atoms with Crippen molar-refractivity contribution < 1.29 is 4.79 Å². The molecule has 0 aliphatic rings. The monoisotopic (exact) mass is 243 g/mol. The number of nitrogens with zero attached hydrogens (tertiary/aromatic N) is 2. The van der Waals surface area contributed by atoms with Crippen LogP contribution in [0.5, 0.6) is 0 Å². The summed E-state index contributed by atoms with van der Waals surface area (Å²) in [7, 11) is 0. The molecule has 0 amide bonds. The Hall–Kier alpha value is -2.18. The second-order valence-corrected chi connectivity index (χ2v) is 3.89. The summed E-state index contributed by atoms with van der Waals surface area (Å²) in [6.45, 7) is 0. The van der Waals surface area contributed by atoms with Crippen LogP contribution in [0, 0.1) is 5.39 Å². The summed E-state index contributed by atoms with van der Waals surface area (Å²) in [5, 5.41) is 9.38. The molecule has 0 aliphatic heterocycles. The fourth-order valence-corrected chi connectivity index (χ4v) is 1.64. The van der Waals surface area contributed by atoms with Gasteiger partial charge < -0.3 is 0 Å². The predicted molar refractivity (Wildman–Crippen MR) is 66.1 cm³/mol. The maximum Gasteiger partial charge on any atom is 0.396 e. The Bertz CT molecular complexity index is 600. The van der Waals surface area contributed by atoms with E-state index in [1.54, 1.807) is 48.5 Å². The molecule has 0 atom stereocenters. The van der Waals surface area contributed by atoms with Gasteiger partial charge in [0.25, 0.3) is 0 Å². The van der Waals surface area contributed by atoms with Crippen molar-refractivity contribution in [3.05, 3.63) is 69.7 Å². The zero-order chi connectivity index (χ0) is 12.3. The third-order valence-corrected chi connectivity index (χ3v) is 2.61. The van der Waals surface area contributed by atoms with Crippen LogP contribution in [-0.2, 0) is 0 Å². The number of carbonyl (C=O) groups excluding carboxylic acids is 1. The molecule has 0 spiro atoms. The molecule has 0 heterocycles. The number of hydrogen-bond donors (Lipinski definition) is 0. The minimum atomic E-state index is -0.199. The highest BCUT2D eigenvalue weighted by Crippen LogP contribution is 2.22. The summed E-state index contributed by atoms with van der Waals surface area (Å²) in [6.07, 6.45) is 0. The molecule has 0 aliphatic carbocycles. The molecule has 2 aromatic rings. The topological polar surface area (TPSA) is 45.2 Å². The lowest BCUT2D eigenvalue weighted by Gasteiger charge is -1.98. The highest BCUT2D eigenvalue weighted by Gasteiger charge is 2.20. The number of rotatable bonds is 2. The largest absolute Gasteiger partial charge is 0.396 e. The van der Waals surface area contributed by atoms with E-state index in [2.05, 4.69) is 4.98 Å². The molecule has 82 valence electrons. The van der Waals surface area contributed by atoms with Crippen LogP contribution in [0.3, 0.4) is 0 Å². The zero-order valence-electron chi connectivity index (χ0n) is 8.80. The van der Waals surface area contributed by atoms with Gasteiger partial charge in [-0.2, -0.15) is 0 Å². The summed E-state index contributed by atoms with van der Waals surface area (Å²) < 4.78 is 0. The normalized spacial score (nSPS) is 9.65.